The molecule has 0 saturated carbocycles. The summed E-state index contributed by atoms with van der Waals surface area (Å²) in [5.41, 5.74) is 0.736. The van der Waals surface area contributed by atoms with E-state index >= 15 is 0 Å². The van der Waals surface area contributed by atoms with Crippen molar-refractivity contribution in [2.45, 2.75) is 31.7 Å². The minimum atomic E-state index is -3.16. The van der Waals surface area contributed by atoms with Crippen molar-refractivity contribution in [3.63, 3.8) is 0 Å². The van der Waals surface area contributed by atoms with Crippen LogP contribution in [0.5, 0.6) is 0 Å². The van der Waals surface area contributed by atoms with E-state index in [2.05, 4.69) is 10.3 Å². The van der Waals surface area contributed by atoms with Crippen molar-refractivity contribution in [1.29, 1.82) is 0 Å². The van der Waals surface area contributed by atoms with E-state index in [1.165, 1.54) is 6.20 Å². The van der Waals surface area contributed by atoms with Gasteiger partial charge in [0.15, 0.2) is 9.84 Å². The fraction of sp³-hybridized carbons (Fsp3) is 0.500. The predicted octanol–water partition coefficient (Wildman–Crippen LogP) is 1.70. The molecule has 0 amide bonds. The molecule has 0 saturated heterocycles. The van der Waals surface area contributed by atoms with Crippen molar-refractivity contribution in [3.8, 4) is 0 Å². The quantitative estimate of drug-likeness (QED) is 0.852. The predicted molar refractivity (Wildman–Crippen MR) is 60.7 cm³/mol. The number of pyridine rings is 1. The van der Waals surface area contributed by atoms with E-state index < -0.39 is 9.84 Å². The molecule has 0 spiro atoms. The second kappa shape index (κ2) is 4.61. The Kier molecular flexibility index (Phi) is 3.68. The SMILES string of the molecule is CCS(=O)(=O)c1cncc(NC(C)C)c1. The van der Waals surface area contributed by atoms with Gasteiger partial charge in [-0.05, 0) is 19.9 Å². The van der Waals surface area contributed by atoms with E-state index in [4.69, 9.17) is 0 Å². The summed E-state index contributed by atoms with van der Waals surface area (Å²) in [7, 11) is -3.16. The molecule has 0 aromatic carbocycles. The summed E-state index contributed by atoms with van der Waals surface area (Å²) in [6.07, 6.45) is 3.00. The molecule has 1 aromatic heterocycles. The third-order valence-electron chi connectivity index (χ3n) is 1.91. The Balaban J connectivity index is 3.03. The van der Waals surface area contributed by atoms with Crippen LogP contribution >= 0.6 is 0 Å². The molecule has 5 heteroatoms. The highest BCUT2D eigenvalue weighted by molar-refractivity contribution is 7.91. The van der Waals surface area contributed by atoms with Gasteiger partial charge in [0.1, 0.15) is 0 Å². The smallest absolute Gasteiger partial charge is 0.179 e. The topological polar surface area (TPSA) is 59.1 Å². The first kappa shape index (κ1) is 12.0. The average Bonchev–Trinajstić information content (AvgIpc) is 2.17. The molecule has 1 N–H and O–H groups in total. The van der Waals surface area contributed by atoms with E-state index in [1.807, 2.05) is 13.8 Å². The Bertz CT molecular complexity index is 427. The van der Waals surface area contributed by atoms with Crippen LogP contribution in [0.4, 0.5) is 5.69 Å². The van der Waals surface area contributed by atoms with Gasteiger partial charge in [-0.2, -0.15) is 0 Å². The number of hydrogen-bond acceptors (Lipinski definition) is 4. The average molecular weight is 228 g/mol. The van der Waals surface area contributed by atoms with Gasteiger partial charge in [0.05, 0.1) is 22.5 Å². The van der Waals surface area contributed by atoms with Crippen LogP contribution in [0.2, 0.25) is 0 Å². The summed E-state index contributed by atoms with van der Waals surface area (Å²) < 4.78 is 23.1. The van der Waals surface area contributed by atoms with E-state index in [9.17, 15) is 8.42 Å². The van der Waals surface area contributed by atoms with Crippen molar-refractivity contribution in [3.05, 3.63) is 18.5 Å². The second-order valence-electron chi connectivity index (χ2n) is 3.61. The summed E-state index contributed by atoms with van der Waals surface area (Å²) in [4.78, 5) is 4.18. The first-order valence-electron chi connectivity index (χ1n) is 4.90. The molecule has 0 aliphatic carbocycles. The van der Waals surface area contributed by atoms with Crippen molar-refractivity contribution in [1.82, 2.24) is 4.98 Å². The number of anilines is 1. The number of hydrogen-bond donors (Lipinski definition) is 1. The Labute approximate surface area is 90.7 Å². The number of nitrogens with one attached hydrogen (secondary N) is 1. The molecular formula is C10H16N2O2S. The fourth-order valence-corrected chi connectivity index (χ4v) is 2.03. The Morgan fingerprint density at radius 3 is 2.60 bits per heavy atom. The lowest BCUT2D eigenvalue weighted by Crippen LogP contribution is -2.11. The Morgan fingerprint density at radius 1 is 1.40 bits per heavy atom. The van der Waals surface area contributed by atoms with Crippen molar-refractivity contribution < 1.29 is 8.42 Å². The monoisotopic (exact) mass is 228 g/mol. The lowest BCUT2D eigenvalue weighted by molar-refractivity contribution is 0.597. The van der Waals surface area contributed by atoms with Crippen LogP contribution in [-0.2, 0) is 9.84 Å². The van der Waals surface area contributed by atoms with Gasteiger partial charge in [-0.25, -0.2) is 8.42 Å². The fourth-order valence-electron chi connectivity index (χ4n) is 1.17. The normalized spacial score (nSPS) is 11.7. The first-order valence-corrected chi connectivity index (χ1v) is 6.55. The molecule has 1 aromatic rings. The third kappa shape index (κ3) is 3.20. The zero-order valence-electron chi connectivity index (χ0n) is 9.19. The summed E-state index contributed by atoms with van der Waals surface area (Å²) in [6, 6.07) is 1.87. The van der Waals surface area contributed by atoms with E-state index in [-0.39, 0.29) is 16.7 Å². The van der Waals surface area contributed by atoms with Crippen molar-refractivity contribution >= 4 is 15.5 Å². The molecule has 1 heterocycles. The van der Waals surface area contributed by atoms with Gasteiger partial charge in [-0.3, -0.25) is 4.98 Å². The number of sulfone groups is 1. The molecule has 0 radical (unpaired) electrons. The highest BCUT2D eigenvalue weighted by atomic mass is 32.2. The summed E-state index contributed by atoms with van der Waals surface area (Å²) in [6.45, 7) is 5.60. The molecule has 0 fully saturated rings. The maximum Gasteiger partial charge on any atom is 0.179 e. The maximum absolute atomic E-state index is 11.6. The number of rotatable bonds is 4. The maximum atomic E-state index is 11.6. The second-order valence-corrected chi connectivity index (χ2v) is 5.89. The molecule has 4 nitrogen and oxygen atoms in total. The van der Waals surface area contributed by atoms with Crippen LogP contribution in [0, 0.1) is 0 Å². The minimum absolute atomic E-state index is 0.0970. The lowest BCUT2D eigenvalue weighted by atomic mass is 10.3. The molecule has 84 valence electrons. The number of nitrogens with zero attached hydrogens (tertiary/aromatic N) is 1. The van der Waals surface area contributed by atoms with Gasteiger partial charge in [-0.1, -0.05) is 6.92 Å². The van der Waals surface area contributed by atoms with Crippen LogP contribution in [-0.4, -0.2) is 25.2 Å². The standard InChI is InChI=1S/C10H16N2O2S/c1-4-15(13,14)10-5-9(6-11-7-10)12-8(2)3/h5-8,12H,4H2,1-3H3. The molecule has 0 aliphatic rings. The van der Waals surface area contributed by atoms with Gasteiger partial charge in [0, 0.05) is 12.2 Å². The van der Waals surface area contributed by atoms with Crippen LogP contribution in [0.3, 0.4) is 0 Å². The van der Waals surface area contributed by atoms with Crippen LogP contribution < -0.4 is 5.32 Å². The number of aromatic nitrogens is 1. The van der Waals surface area contributed by atoms with Crippen LogP contribution in [0.1, 0.15) is 20.8 Å². The van der Waals surface area contributed by atoms with Gasteiger partial charge in [0.2, 0.25) is 0 Å². The molecule has 0 atom stereocenters. The van der Waals surface area contributed by atoms with E-state index in [0.717, 1.165) is 5.69 Å². The summed E-state index contributed by atoms with van der Waals surface area (Å²) in [5, 5.41) is 3.11. The summed E-state index contributed by atoms with van der Waals surface area (Å²) in [5.74, 6) is 0.0970. The molecule has 1 rings (SSSR count). The van der Waals surface area contributed by atoms with Crippen LogP contribution in [0.25, 0.3) is 0 Å². The zero-order valence-corrected chi connectivity index (χ0v) is 10.0. The first-order chi connectivity index (χ1) is 6.95. The van der Waals surface area contributed by atoms with Gasteiger partial charge >= 0.3 is 0 Å². The molecular weight excluding hydrogens is 212 g/mol. The van der Waals surface area contributed by atoms with Gasteiger partial charge in [0.25, 0.3) is 0 Å². The molecule has 0 unspecified atom stereocenters. The van der Waals surface area contributed by atoms with Gasteiger partial charge in [-0.15, -0.1) is 0 Å². The molecule has 15 heavy (non-hydrogen) atoms. The van der Waals surface area contributed by atoms with E-state index in [1.54, 1.807) is 19.2 Å². The third-order valence-corrected chi connectivity index (χ3v) is 3.61. The summed E-state index contributed by atoms with van der Waals surface area (Å²) >= 11 is 0. The van der Waals surface area contributed by atoms with Crippen molar-refractivity contribution in [2.24, 2.45) is 0 Å². The molecule has 0 bridgehead atoms. The lowest BCUT2D eigenvalue weighted by Gasteiger charge is -2.10. The van der Waals surface area contributed by atoms with Crippen molar-refractivity contribution in [2.75, 3.05) is 11.1 Å². The molecule has 0 aliphatic heterocycles. The highest BCUT2D eigenvalue weighted by Crippen LogP contribution is 2.15. The Morgan fingerprint density at radius 2 is 2.07 bits per heavy atom. The van der Waals surface area contributed by atoms with E-state index in [0.29, 0.717) is 0 Å². The minimum Gasteiger partial charge on any atom is -0.382 e. The van der Waals surface area contributed by atoms with Gasteiger partial charge < -0.3 is 5.32 Å². The largest absolute Gasteiger partial charge is 0.382 e. The zero-order chi connectivity index (χ0) is 11.5. The Hall–Kier alpha value is -1.10. The highest BCUT2D eigenvalue weighted by Gasteiger charge is 2.12. The van der Waals surface area contributed by atoms with Crippen LogP contribution in [0.15, 0.2) is 23.4 Å².